The number of pyridine rings is 3. The van der Waals surface area contributed by atoms with Crippen molar-refractivity contribution in [3.63, 3.8) is 0 Å². The zero-order valence-electron chi connectivity index (χ0n) is 13.5. The van der Waals surface area contributed by atoms with Gasteiger partial charge < -0.3 is 15.6 Å². The molecule has 0 radical (unpaired) electrons. The van der Waals surface area contributed by atoms with Crippen molar-refractivity contribution in [2.45, 2.75) is 32.2 Å². The van der Waals surface area contributed by atoms with E-state index < -0.39 is 0 Å². The number of anilines is 3. The molecule has 4 rings (SSSR count). The van der Waals surface area contributed by atoms with Crippen LogP contribution in [0.3, 0.4) is 0 Å². The van der Waals surface area contributed by atoms with Crippen molar-refractivity contribution >= 4 is 28.2 Å². The largest absolute Gasteiger partial charge is 0.367 e. The van der Waals surface area contributed by atoms with Crippen LogP contribution in [0.15, 0.2) is 41.5 Å². The van der Waals surface area contributed by atoms with E-state index in [0.29, 0.717) is 23.1 Å². The molecule has 3 aromatic rings. The van der Waals surface area contributed by atoms with Crippen LogP contribution in [0, 0.1) is 0 Å². The highest BCUT2D eigenvalue weighted by Crippen LogP contribution is 2.29. The SMILES string of the molecule is CCc1ccnc(Nc2cc3cc[nH]c(=O)c3c(NC3CC3)n2)c1. The van der Waals surface area contributed by atoms with Crippen LogP contribution in [0.1, 0.15) is 25.3 Å². The minimum absolute atomic E-state index is 0.124. The molecule has 1 aliphatic rings. The number of nitrogens with zero attached hydrogens (tertiary/aromatic N) is 2. The van der Waals surface area contributed by atoms with Crippen LogP contribution < -0.4 is 16.2 Å². The lowest BCUT2D eigenvalue weighted by molar-refractivity contribution is 1.11. The van der Waals surface area contributed by atoms with Crippen LogP contribution in [0.4, 0.5) is 17.5 Å². The second-order valence-corrected chi connectivity index (χ2v) is 6.07. The number of hydrogen-bond acceptors (Lipinski definition) is 5. The number of aromatic amines is 1. The van der Waals surface area contributed by atoms with Crippen molar-refractivity contribution in [2.24, 2.45) is 0 Å². The van der Waals surface area contributed by atoms with E-state index in [0.717, 1.165) is 30.5 Å². The van der Waals surface area contributed by atoms with Crippen LogP contribution in [0.25, 0.3) is 10.8 Å². The molecule has 1 fully saturated rings. The van der Waals surface area contributed by atoms with Gasteiger partial charge in [-0.2, -0.15) is 0 Å². The second kappa shape index (κ2) is 5.96. The smallest absolute Gasteiger partial charge is 0.259 e. The summed E-state index contributed by atoms with van der Waals surface area (Å²) in [6.07, 6.45) is 6.63. The lowest BCUT2D eigenvalue weighted by atomic mass is 10.2. The maximum atomic E-state index is 12.2. The standard InChI is InChI=1S/C18H19N5O/c1-2-11-5-7-19-14(9-11)22-15-10-12-6-8-20-18(24)16(12)17(23-15)21-13-3-4-13/h5-10,13H,2-4H2,1H3,(H,20,24)(H2,19,21,22,23). The second-order valence-electron chi connectivity index (χ2n) is 6.07. The van der Waals surface area contributed by atoms with E-state index in [1.165, 1.54) is 5.56 Å². The Morgan fingerprint density at radius 2 is 2.12 bits per heavy atom. The van der Waals surface area contributed by atoms with E-state index in [9.17, 15) is 4.79 Å². The van der Waals surface area contributed by atoms with Crippen molar-refractivity contribution in [3.05, 3.63) is 52.6 Å². The van der Waals surface area contributed by atoms with E-state index in [-0.39, 0.29) is 5.56 Å². The molecular formula is C18H19N5O. The number of aromatic nitrogens is 3. The van der Waals surface area contributed by atoms with Crippen molar-refractivity contribution in [1.82, 2.24) is 15.0 Å². The minimum atomic E-state index is -0.124. The third-order valence-electron chi connectivity index (χ3n) is 4.16. The van der Waals surface area contributed by atoms with Gasteiger partial charge in [0.25, 0.3) is 5.56 Å². The Labute approximate surface area is 139 Å². The predicted octanol–water partition coefficient (Wildman–Crippen LogP) is 3.20. The van der Waals surface area contributed by atoms with Crippen LogP contribution in [0.5, 0.6) is 0 Å². The molecule has 3 heterocycles. The molecule has 3 aromatic heterocycles. The number of aryl methyl sites for hydroxylation is 1. The van der Waals surface area contributed by atoms with Crippen LogP contribution >= 0.6 is 0 Å². The number of nitrogens with one attached hydrogen (secondary N) is 3. The number of fused-ring (bicyclic) bond motifs is 1. The zero-order valence-corrected chi connectivity index (χ0v) is 13.5. The minimum Gasteiger partial charge on any atom is -0.367 e. The molecule has 0 spiro atoms. The highest BCUT2D eigenvalue weighted by Gasteiger charge is 2.23. The highest BCUT2D eigenvalue weighted by molar-refractivity contribution is 5.93. The van der Waals surface area contributed by atoms with E-state index in [2.05, 4.69) is 32.5 Å². The van der Waals surface area contributed by atoms with Gasteiger partial charge in [-0.05, 0) is 54.5 Å². The van der Waals surface area contributed by atoms with E-state index in [1.54, 1.807) is 12.4 Å². The molecular weight excluding hydrogens is 302 g/mol. The van der Waals surface area contributed by atoms with E-state index in [4.69, 9.17) is 0 Å². The summed E-state index contributed by atoms with van der Waals surface area (Å²) in [7, 11) is 0. The fraction of sp³-hybridized carbons (Fsp3) is 0.278. The Hall–Kier alpha value is -2.89. The molecule has 0 amide bonds. The Balaban J connectivity index is 1.76. The maximum absolute atomic E-state index is 12.2. The monoisotopic (exact) mass is 321 g/mol. The summed E-state index contributed by atoms with van der Waals surface area (Å²) in [6.45, 7) is 2.11. The van der Waals surface area contributed by atoms with Gasteiger partial charge in [-0.1, -0.05) is 6.92 Å². The molecule has 6 heteroatoms. The maximum Gasteiger partial charge on any atom is 0.259 e. The normalized spacial score (nSPS) is 13.9. The van der Waals surface area contributed by atoms with Crippen molar-refractivity contribution in [2.75, 3.05) is 10.6 Å². The molecule has 0 atom stereocenters. The van der Waals surface area contributed by atoms with Crippen molar-refractivity contribution < 1.29 is 0 Å². The summed E-state index contributed by atoms with van der Waals surface area (Å²) < 4.78 is 0. The topological polar surface area (TPSA) is 82.7 Å². The summed E-state index contributed by atoms with van der Waals surface area (Å²) >= 11 is 0. The molecule has 1 saturated carbocycles. The van der Waals surface area contributed by atoms with Gasteiger partial charge in [0.15, 0.2) is 0 Å². The number of hydrogen-bond donors (Lipinski definition) is 3. The van der Waals surface area contributed by atoms with E-state index >= 15 is 0 Å². The fourth-order valence-corrected chi connectivity index (χ4v) is 2.70. The lowest BCUT2D eigenvalue weighted by Gasteiger charge is -2.11. The van der Waals surface area contributed by atoms with Crippen molar-refractivity contribution in [1.29, 1.82) is 0 Å². The third kappa shape index (κ3) is 2.95. The first-order chi connectivity index (χ1) is 11.7. The molecule has 1 aliphatic carbocycles. The first kappa shape index (κ1) is 14.7. The Kier molecular flexibility index (Phi) is 3.65. The highest BCUT2D eigenvalue weighted by atomic mass is 16.1. The van der Waals surface area contributed by atoms with Gasteiger partial charge in [0.05, 0.1) is 5.39 Å². The molecule has 6 nitrogen and oxygen atoms in total. The lowest BCUT2D eigenvalue weighted by Crippen LogP contribution is -2.12. The average molecular weight is 321 g/mol. The van der Waals surface area contributed by atoms with Gasteiger partial charge >= 0.3 is 0 Å². The Morgan fingerprint density at radius 3 is 2.92 bits per heavy atom. The number of rotatable bonds is 5. The van der Waals surface area contributed by atoms with Gasteiger partial charge in [0, 0.05) is 18.4 Å². The molecule has 3 N–H and O–H groups in total. The first-order valence-electron chi connectivity index (χ1n) is 8.24. The molecule has 0 saturated heterocycles. The Bertz CT molecular complexity index is 946. The fourth-order valence-electron chi connectivity index (χ4n) is 2.70. The molecule has 0 bridgehead atoms. The quantitative estimate of drug-likeness (QED) is 0.672. The molecule has 122 valence electrons. The molecule has 0 unspecified atom stereocenters. The molecule has 0 aromatic carbocycles. The van der Waals surface area contributed by atoms with Crippen molar-refractivity contribution in [3.8, 4) is 0 Å². The summed E-state index contributed by atoms with van der Waals surface area (Å²) in [5.41, 5.74) is 1.09. The van der Waals surface area contributed by atoms with Gasteiger partial charge in [-0.15, -0.1) is 0 Å². The molecule has 0 aliphatic heterocycles. The average Bonchev–Trinajstić information content (AvgIpc) is 3.39. The summed E-state index contributed by atoms with van der Waals surface area (Å²) in [4.78, 5) is 23.9. The Morgan fingerprint density at radius 1 is 1.25 bits per heavy atom. The zero-order chi connectivity index (χ0) is 16.5. The summed E-state index contributed by atoms with van der Waals surface area (Å²) in [6, 6.07) is 8.19. The van der Waals surface area contributed by atoms with Gasteiger partial charge in [0.2, 0.25) is 0 Å². The summed E-state index contributed by atoms with van der Waals surface area (Å²) in [5.74, 6) is 2.06. The number of H-pyrrole nitrogens is 1. The van der Waals surface area contributed by atoms with Crippen LogP contribution in [0.2, 0.25) is 0 Å². The van der Waals surface area contributed by atoms with Gasteiger partial charge in [-0.25, -0.2) is 9.97 Å². The van der Waals surface area contributed by atoms with Gasteiger partial charge in [0.1, 0.15) is 17.5 Å². The predicted molar refractivity (Wildman–Crippen MR) is 95.9 cm³/mol. The molecule has 24 heavy (non-hydrogen) atoms. The van der Waals surface area contributed by atoms with Crippen LogP contribution in [-0.2, 0) is 6.42 Å². The van der Waals surface area contributed by atoms with E-state index in [1.807, 2.05) is 24.3 Å². The third-order valence-corrected chi connectivity index (χ3v) is 4.16. The summed E-state index contributed by atoms with van der Waals surface area (Å²) in [5, 5.41) is 8.06. The first-order valence-corrected chi connectivity index (χ1v) is 8.24. The van der Waals surface area contributed by atoms with Gasteiger partial charge in [-0.3, -0.25) is 4.79 Å². The van der Waals surface area contributed by atoms with Crippen LogP contribution in [-0.4, -0.2) is 21.0 Å².